The number of thioether (sulfide) groups is 1. The highest BCUT2D eigenvalue weighted by molar-refractivity contribution is 14.0. The van der Waals surface area contributed by atoms with Gasteiger partial charge in [-0.05, 0) is 53.2 Å². The molecule has 1 heterocycles. The van der Waals surface area contributed by atoms with Gasteiger partial charge in [-0.25, -0.2) is 8.42 Å². The fraction of sp³-hybridized carbons (Fsp3) is 0.933. The van der Waals surface area contributed by atoms with Crippen LogP contribution in [0.3, 0.4) is 0 Å². The molecule has 1 fully saturated rings. The first-order valence-corrected chi connectivity index (χ1v) is 10.6. The summed E-state index contributed by atoms with van der Waals surface area (Å²) < 4.78 is 23.7. The SMILES string of the molecule is CCNC(=NCC1(C)CCCS1)NCCS(=O)(=O)C(C)(C)C.I. The van der Waals surface area contributed by atoms with Crippen LogP contribution < -0.4 is 10.6 Å². The predicted molar refractivity (Wildman–Crippen MR) is 113 cm³/mol. The van der Waals surface area contributed by atoms with Crippen molar-refractivity contribution < 1.29 is 8.42 Å². The number of guanidine groups is 1. The molecule has 1 rings (SSSR count). The minimum atomic E-state index is -3.10. The highest BCUT2D eigenvalue weighted by atomic mass is 127. The van der Waals surface area contributed by atoms with E-state index in [9.17, 15) is 8.42 Å². The summed E-state index contributed by atoms with van der Waals surface area (Å²) in [7, 11) is -3.10. The molecule has 0 aromatic carbocycles. The maximum Gasteiger partial charge on any atom is 0.191 e. The second kappa shape index (κ2) is 9.70. The molecule has 23 heavy (non-hydrogen) atoms. The van der Waals surface area contributed by atoms with Crippen LogP contribution >= 0.6 is 35.7 Å². The molecule has 1 atom stereocenters. The number of nitrogens with one attached hydrogen (secondary N) is 2. The quantitative estimate of drug-likeness (QED) is 0.350. The van der Waals surface area contributed by atoms with Crippen LogP contribution in [0.15, 0.2) is 4.99 Å². The summed E-state index contributed by atoms with van der Waals surface area (Å²) >= 11 is 1.98. The first-order chi connectivity index (χ1) is 10.1. The molecule has 0 bridgehead atoms. The standard InChI is InChI=1S/C15H31N3O2S2.HI/c1-6-16-13(18-12-15(5)8-7-10-21-15)17-9-11-22(19,20)14(2,3)4;/h6-12H2,1-5H3,(H2,16,17,18);1H. The number of hydrogen-bond donors (Lipinski definition) is 2. The van der Waals surface area contributed by atoms with Gasteiger partial charge in [0.25, 0.3) is 0 Å². The molecule has 0 aromatic rings. The predicted octanol–water partition coefficient (Wildman–Crippen LogP) is 2.66. The molecule has 0 amide bonds. The minimum Gasteiger partial charge on any atom is -0.357 e. The molecule has 5 nitrogen and oxygen atoms in total. The zero-order valence-electron chi connectivity index (χ0n) is 14.9. The van der Waals surface area contributed by atoms with Gasteiger partial charge in [-0.15, -0.1) is 24.0 Å². The molecule has 0 saturated carbocycles. The molecule has 2 N–H and O–H groups in total. The Hall–Kier alpha value is 0.300. The van der Waals surface area contributed by atoms with Crippen LogP contribution in [0, 0.1) is 0 Å². The number of sulfone groups is 1. The molecular weight excluding hydrogens is 445 g/mol. The molecule has 0 aliphatic carbocycles. The van der Waals surface area contributed by atoms with Gasteiger partial charge in [0.15, 0.2) is 15.8 Å². The first-order valence-electron chi connectivity index (χ1n) is 7.98. The maximum atomic E-state index is 12.1. The molecule has 1 unspecified atom stereocenters. The van der Waals surface area contributed by atoms with E-state index < -0.39 is 14.6 Å². The summed E-state index contributed by atoms with van der Waals surface area (Å²) in [5.74, 6) is 2.03. The van der Waals surface area contributed by atoms with Crippen LogP contribution in [-0.2, 0) is 9.84 Å². The average molecular weight is 477 g/mol. The van der Waals surface area contributed by atoms with E-state index in [1.807, 2.05) is 18.7 Å². The van der Waals surface area contributed by atoms with Gasteiger partial charge in [0, 0.05) is 17.8 Å². The highest BCUT2D eigenvalue weighted by Gasteiger charge is 2.30. The van der Waals surface area contributed by atoms with Crippen molar-refractivity contribution in [2.75, 3.05) is 31.1 Å². The second-order valence-corrected chi connectivity index (χ2v) is 11.5. The van der Waals surface area contributed by atoms with Crippen molar-refractivity contribution in [3.63, 3.8) is 0 Å². The van der Waals surface area contributed by atoms with E-state index in [1.54, 1.807) is 20.8 Å². The number of halogens is 1. The monoisotopic (exact) mass is 477 g/mol. The van der Waals surface area contributed by atoms with E-state index in [1.165, 1.54) is 18.6 Å². The zero-order valence-corrected chi connectivity index (χ0v) is 18.9. The lowest BCUT2D eigenvalue weighted by molar-refractivity contribution is 0.558. The van der Waals surface area contributed by atoms with E-state index >= 15 is 0 Å². The van der Waals surface area contributed by atoms with Crippen LogP contribution in [0.4, 0.5) is 0 Å². The molecule has 1 saturated heterocycles. The van der Waals surface area contributed by atoms with E-state index in [0.29, 0.717) is 12.5 Å². The van der Waals surface area contributed by atoms with Crippen molar-refractivity contribution in [1.29, 1.82) is 0 Å². The van der Waals surface area contributed by atoms with Crippen molar-refractivity contribution in [3.8, 4) is 0 Å². The minimum absolute atomic E-state index is 0. The molecule has 138 valence electrons. The Labute approximate surface area is 163 Å². The number of nitrogens with zero attached hydrogens (tertiary/aromatic N) is 1. The molecule has 0 radical (unpaired) electrons. The lowest BCUT2D eigenvalue weighted by Crippen LogP contribution is -2.42. The molecule has 1 aliphatic heterocycles. The number of rotatable bonds is 6. The average Bonchev–Trinajstić information content (AvgIpc) is 2.82. The van der Waals surface area contributed by atoms with Gasteiger partial charge < -0.3 is 10.6 Å². The third-order valence-electron chi connectivity index (χ3n) is 3.81. The smallest absolute Gasteiger partial charge is 0.191 e. The summed E-state index contributed by atoms with van der Waals surface area (Å²) in [6, 6.07) is 0. The van der Waals surface area contributed by atoms with Crippen LogP contribution in [0.25, 0.3) is 0 Å². The number of aliphatic imine (C=N–C) groups is 1. The van der Waals surface area contributed by atoms with Gasteiger partial charge in [-0.1, -0.05) is 0 Å². The Morgan fingerprint density at radius 1 is 1.30 bits per heavy atom. The van der Waals surface area contributed by atoms with Crippen LogP contribution in [0.5, 0.6) is 0 Å². The second-order valence-electron chi connectivity index (χ2n) is 6.96. The Morgan fingerprint density at radius 2 is 1.96 bits per heavy atom. The Kier molecular flexibility index (Phi) is 9.82. The Morgan fingerprint density at radius 3 is 2.43 bits per heavy atom. The number of hydrogen-bond acceptors (Lipinski definition) is 4. The van der Waals surface area contributed by atoms with Crippen molar-refractivity contribution in [2.24, 2.45) is 4.99 Å². The topological polar surface area (TPSA) is 70.6 Å². The molecule has 8 heteroatoms. The third-order valence-corrected chi connectivity index (χ3v) is 7.94. The molecule has 0 spiro atoms. The maximum absolute atomic E-state index is 12.1. The van der Waals surface area contributed by atoms with E-state index in [-0.39, 0.29) is 34.5 Å². The summed E-state index contributed by atoms with van der Waals surface area (Å²) in [5.41, 5.74) is 0. The van der Waals surface area contributed by atoms with Gasteiger partial charge >= 0.3 is 0 Å². The van der Waals surface area contributed by atoms with Gasteiger partial charge in [-0.2, -0.15) is 11.8 Å². The molecular formula is C15H32IN3O2S2. The van der Waals surface area contributed by atoms with Crippen molar-refractivity contribution in [3.05, 3.63) is 0 Å². The van der Waals surface area contributed by atoms with Crippen LogP contribution in [0.1, 0.15) is 47.5 Å². The lowest BCUT2D eigenvalue weighted by atomic mass is 10.1. The lowest BCUT2D eigenvalue weighted by Gasteiger charge is -2.22. The largest absolute Gasteiger partial charge is 0.357 e. The molecule has 1 aliphatic rings. The molecule has 0 aromatic heterocycles. The fourth-order valence-corrected chi connectivity index (χ4v) is 4.37. The fourth-order valence-electron chi connectivity index (χ4n) is 2.16. The van der Waals surface area contributed by atoms with Gasteiger partial charge in [0.1, 0.15) is 0 Å². The summed E-state index contributed by atoms with van der Waals surface area (Å²) in [5, 5.41) is 6.32. The van der Waals surface area contributed by atoms with E-state index in [4.69, 9.17) is 0 Å². The van der Waals surface area contributed by atoms with Crippen LogP contribution in [0.2, 0.25) is 0 Å². The summed E-state index contributed by atoms with van der Waals surface area (Å²) in [6.07, 6.45) is 2.45. The van der Waals surface area contributed by atoms with E-state index in [0.717, 1.165) is 13.1 Å². The highest BCUT2D eigenvalue weighted by Crippen LogP contribution is 2.37. The third kappa shape index (κ3) is 7.81. The normalized spacial score (nSPS) is 22.6. The van der Waals surface area contributed by atoms with Gasteiger partial charge in [0.2, 0.25) is 0 Å². The van der Waals surface area contributed by atoms with Gasteiger partial charge in [0.05, 0.1) is 17.0 Å². The zero-order chi connectivity index (χ0) is 16.9. The van der Waals surface area contributed by atoms with Crippen molar-refractivity contribution in [1.82, 2.24) is 10.6 Å². The Balaban J connectivity index is 0.00000484. The summed E-state index contributed by atoms with van der Waals surface area (Å²) in [4.78, 5) is 4.63. The van der Waals surface area contributed by atoms with Crippen LogP contribution in [-0.4, -0.2) is 55.0 Å². The van der Waals surface area contributed by atoms with Crippen molar-refractivity contribution in [2.45, 2.75) is 57.0 Å². The first kappa shape index (κ1) is 23.3. The summed E-state index contributed by atoms with van der Waals surface area (Å²) in [6.45, 7) is 11.4. The van der Waals surface area contributed by atoms with E-state index in [2.05, 4.69) is 22.5 Å². The Bertz CT molecular complexity index is 481. The van der Waals surface area contributed by atoms with Crippen molar-refractivity contribution >= 4 is 51.5 Å². The van der Waals surface area contributed by atoms with Gasteiger partial charge in [-0.3, -0.25) is 4.99 Å².